The molecule has 0 spiro atoms. The van der Waals surface area contributed by atoms with Gasteiger partial charge in [-0.15, -0.1) is 24.8 Å². The second kappa shape index (κ2) is 10.9. The third kappa shape index (κ3) is 5.66. The van der Waals surface area contributed by atoms with Crippen LogP contribution in [0.25, 0.3) is 0 Å². The van der Waals surface area contributed by atoms with E-state index >= 15 is 0 Å². The number of aromatic nitrogens is 1. The first kappa shape index (κ1) is 22.9. The van der Waals surface area contributed by atoms with Gasteiger partial charge in [-0.05, 0) is 62.3 Å². The van der Waals surface area contributed by atoms with Crippen molar-refractivity contribution in [3.05, 3.63) is 53.9 Å². The van der Waals surface area contributed by atoms with Crippen molar-refractivity contribution in [1.29, 1.82) is 0 Å². The van der Waals surface area contributed by atoms with Crippen LogP contribution in [0.15, 0.2) is 42.7 Å². The average Bonchev–Trinajstić information content (AvgIpc) is 3.05. The van der Waals surface area contributed by atoms with Gasteiger partial charge in [0, 0.05) is 36.7 Å². The summed E-state index contributed by atoms with van der Waals surface area (Å²) in [5, 5.41) is 5.95. The van der Waals surface area contributed by atoms with Gasteiger partial charge >= 0.3 is 0 Å². The maximum absolute atomic E-state index is 12.6. The summed E-state index contributed by atoms with van der Waals surface area (Å²) in [7, 11) is 1.87. The van der Waals surface area contributed by atoms with Crippen molar-refractivity contribution in [3.8, 4) is 0 Å². The predicted molar refractivity (Wildman–Crippen MR) is 112 cm³/mol. The SMILES string of the molecule is CNCCCC(=O)Nc1ccc2c(c1)CCN2C(=O)c1cccnc1.Cl.Cl. The number of anilines is 2. The molecule has 146 valence electrons. The molecule has 3 rings (SSSR count). The number of halogens is 2. The molecule has 6 nitrogen and oxygen atoms in total. The molecule has 2 aromatic rings. The maximum atomic E-state index is 12.6. The number of benzene rings is 1. The van der Waals surface area contributed by atoms with E-state index in [-0.39, 0.29) is 36.6 Å². The Labute approximate surface area is 171 Å². The van der Waals surface area contributed by atoms with Crippen LogP contribution in [-0.4, -0.2) is 36.9 Å². The van der Waals surface area contributed by atoms with E-state index in [9.17, 15) is 9.59 Å². The van der Waals surface area contributed by atoms with Crippen molar-refractivity contribution in [3.63, 3.8) is 0 Å². The quantitative estimate of drug-likeness (QED) is 0.717. The number of fused-ring (bicyclic) bond motifs is 1. The molecule has 0 fully saturated rings. The summed E-state index contributed by atoms with van der Waals surface area (Å²) in [6.07, 6.45) is 5.31. The molecule has 1 aromatic heterocycles. The third-order valence-corrected chi connectivity index (χ3v) is 4.24. The minimum Gasteiger partial charge on any atom is -0.326 e. The Morgan fingerprint density at radius 3 is 2.74 bits per heavy atom. The van der Waals surface area contributed by atoms with Crippen LogP contribution in [0.2, 0.25) is 0 Å². The Hall–Kier alpha value is -2.15. The summed E-state index contributed by atoms with van der Waals surface area (Å²) in [6, 6.07) is 9.25. The topological polar surface area (TPSA) is 74.3 Å². The fraction of sp³-hybridized carbons (Fsp3) is 0.316. The lowest BCUT2D eigenvalue weighted by Crippen LogP contribution is -2.28. The Morgan fingerprint density at radius 1 is 1.22 bits per heavy atom. The molecule has 27 heavy (non-hydrogen) atoms. The zero-order valence-electron chi connectivity index (χ0n) is 15.1. The van der Waals surface area contributed by atoms with Crippen LogP contribution in [0.5, 0.6) is 0 Å². The van der Waals surface area contributed by atoms with Crippen molar-refractivity contribution < 1.29 is 9.59 Å². The van der Waals surface area contributed by atoms with Crippen LogP contribution in [0.3, 0.4) is 0 Å². The highest BCUT2D eigenvalue weighted by molar-refractivity contribution is 6.07. The largest absolute Gasteiger partial charge is 0.326 e. The normalized spacial score (nSPS) is 11.8. The second-order valence-corrected chi connectivity index (χ2v) is 6.05. The first-order valence-corrected chi connectivity index (χ1v) is 8.48. The van der Waals surface area contributed by atoms with Gasteiger partial charge in [-0.3, -0.25) is 14.6 Å². The van der Waals surface area contributed by atoms with Gasteiger partial charge in [-0.2, -0.15) is 0 Å². The monoisotopic (exact) mass is 410 g/mol. The summed E-state index contributed by atoms with van der Waals surface area (Å²) in [5.41, 5.74) is 3.34. The van der Waals surface area contributed by atoms with E-state index in [1.807, 2.05) is 25.2 Å². The van der Waals surface area contributed by atoms with Crippen molar-refractivity contribution in [2.45, 2.75) is 19.3 Å². The fourth-order valence-electron chi connectivity index (χ4n) is 2.98. The summed E-state index contributed by atoms with van der Waals surface area (Å²) < 4.78 is 0. The van der Waals surface area contributed by atoms with Gasteiger partial charge in [0.25, 0.3) is 5.91 Å². The molecule has 1 aliphatic heterocycles. The van der Waals surface area contributed by atoms with Gasteiger partial charge in [-0.1, -0.05) is 0 Å². The van der Waals surface area contributed by atoms with Gasteiger partial charge < -0.3 is 15.5 Å². The third-order valence-electron chi connectivity index (χ3n) is 4.24. The zero-order chi connectivity index (χ0) is 17.6. The number of rotatable bonds is 6. The Bertz CT molecular complexity index is 772. The summed E-state index contributed by atoms with van der Waals surface area (Å²) in [4.78, 5) is 30.3. The van der Waals surface area contributed by atoms with Crippen LogP contribution < -0.4 is 15.5 Å². The van der Waals surface area contributed by atoms with Crippen molar-refractivity contribution >= 4 is 48.0 Å². The molecule has 2 N–H and O–H groups in total. The van der Waals surface area contributed by atoms with E-state index in [4.69, 9.17) is 0 Å². The number of nitrogens with one attached hydrogen (secondary N) is 2. The van der Waals surface area contributed by atoms with Crippen molar-refractivity contribution in [2.75, 3.05) is 30.4 Å². The maximum Gasteiger partial charge on any atom is 0.259 e. The summed E-state index contributed by atoms with van der Waals surface area (Å²) in [5.74, 6) is -0.0350. The lowest BCUT2D eigenvalue weighted by atomic mass is 10.1. The van der Waals surface area contributed by atoms with Gasteiger partial charge in [-0.25, -0.2) is 0 Å². The van der Waals surface area contributed by atoms with E-state index in [0.717, 1.165) is 36.3 Å². The molecular formula is C19H24Cl2N4O2. The molecule has 0 unspecified atom stereocenters. The summed E-state index contributed by atoms with van der Waals surface area (Å²) >= 11 is 0. The predicted octanol–water partition coefficient (Wildman–Crippen LogP) is 3.07. The number of hydrogen-bond donors (Lipinski definition) is 2. The minimum atomic E-state index is -0.0456. The molecule has 1 aliphatic rings. The lowest BCUT2D eigenvalue weighted by Gasteiger charge is -2.17. The highest BCUT2D eigenvalue weighted by atomic mass is 35.5. The van der Waals surface area contributed by atoms with E-state index in [2.05, 4.69) is 15.6 Å². The molecule has 0 saturated heterocycles. The first-order chi connectivity index (χ1) is 12.2. The van der Waals surface area contributed by atoms with Gasteiger partial charge in [0.2, 0.25) is 5.91 Å². The Morgan fingerprint density at radius 2 is 2.04 bits per heavy atom. The fourth-order valence-corrected chi connectivity index (χ4v) is 2.98. The van der Waals surface area contributed by atoms with E-state index in [1.54, 1.807) is 29.4 Å². The number of hydrogen-bond acceptors (Lipinski definition) is 4. The van der Waals surface area contributed by atoms with Gasteiger partial charge in [0.15, 0.2) is 0 Å². The molecule has 0 saturated carbocycles. The Kier molecular flexibility index (Phi) is 9.21. The lowest BCUT2D eigenvalue weighted by molar-refractivity contribution is -0.116. The molecular weight excluding hydrogens is 387 g/mol. The number of nitrogens with zero attached hydrogens (tertiary/aromatic N) is 2. The number of carbonyl (C=O) groups is 2. The summed E-state index contributed by atoms with van der Waals surface area (Å²) in [6.45, 7) is 1.46. The minimum absolute atomic E-state index is 0. The molecule has 0 atom stereocenters. The van der Waals surface area contributed by atoms with E-state index < -0.39 is 0 Å². The van der Waals surface area contributed by atoms with E-state index in [0.29, 0.717) is 18.5 Å². The molecule has 2 amide bonds. The first-order valence-electron chi connectivity index (χ1n) is 8.48. The highest BCUT2D eigenvalue weighted by Gasteiger charge is 2.25. The Balaban J connectivity index is 0.00000182. The molecule has 0 bridgehead atoms. The zero-order valence-corrected chi connectivity index (χ0v) is 16.7. The smallest absolute Gasteiger partial charge is 0.259 e. The average molecular weight is 411 g/mol. The van der Waals surface area contributed by atoms with Gasteiger partial charge in [0.1, 0.15) is 0 Å². The number of carbonyl (C=O) groups excluding carboxylic acids is 2. The number of pyridine rings is 1. The van der Waals surface area contributed by atoms with Crippen LogP contribution in [-0.2, 0) is 11.2 Å². The molecule has 2 heterocycles. The van der Waals surface area contributed by atoms with Crippen molar-refractivity contribution in [1.82, 2.24) is 10.3 Å². The van der Waals surface area contributed by atoms with Crippen molar-refractivity contribution in [2.24, 2.45) is 0 Å². The van der Waals surface area contributed by atoms with Crippen LogP contribution >= 0.6 is 24.8 Å². The second-order valence-electron chi connectivity index (χ2n) is 6.05. The number of amides is 2. The van der Waals surface area contributed by atoms with Crippen LogP contribution in [0, 0.1) is 0 Å². The molecule has 1 aromatic carbocycles. The van der Waals surface area contributed by atoms with Crippen LogP contribution in [0.4, 0.5) is 11.4 Å². The van der Waals surface area contributed by atoms with Crippen LogP contribution in [0.1, 0.15) is 28.8 Å². The molecule has 0 aliphatic carbocycles. The molecule has 0 radical (unpaired) electrons. The van der Waals surface area contributed by atoms with Gasteiger partial charge in [0.05, 0.1) is 5.56 Å². The highest BCUT2D eigenvalue weighted by Crippen LogP contribution is 2.31. The van der Waals surface area contributed by atoms with E-state index in [1.165, 1.54) is 0 Å². The molecule has 8 heteroatoms. The standard InChI is InChI=1S/C19H22N4O2.2ClH/c1-20-9-3-5-18(24)22-16-6-7-17-14(12-16)8-11-23(17)19(25)15-4-2-10-21-13-15;;/h2,4,6-7,10,12-13,20H,3,5,8-9,11H2,1H3,(H,22,24);2*1H.